The Labute approximate surface area is 169 Å². The Balaban J connectivity index is 1.84. The van der Waals surface area contributed by atoms with Crippen LogP contribution in [0.4, 0.5) is 5.69 Å². The summed E-state index contributed by atoms with van der Waals surface area (Å²) in [6.45, 7) is 1.83. The number of nitrogens with zero attached hydrogens (tertiary/aromatic N) is 2. The number of ether oxygens (including phenoxy) is 1. The molecule has 2 aromatic carbocycles. The van der Waals surface area contributed by atoms with Crippen molar-refractivity contribution >= 4 is 34.7 Å². The number of rotatable bonds is 3. The number of piperidine rings is 1. The lowest BCUT2D eigenvalue weighted by molar-refractivity contribution is -0.112. The van der Waals surface area contributed by atoms with Gasteiger partial charge in [0.25, 0.3) is 11.8 Å². The van der Waals surface area contributed by atoms with Crippen molar-refractivity contribution in [3.8, 4) is 5.75 Å². The zero-order chi connectivity index (χ0) is 19.7. The van der Waals surface area contributed by atoms with Crippen LogP contribution >= 0.6 is 11.6 Å². The number of hydrogen-bond acceptors (Lipinski definition) is 4. The quantitative estimate of drug-likeness (QED) is 0.571. The summed E-state index contributed by atoms with van der Waals surface area (Å²) in [4.78, 5) is 29.9. The van der Waals surface area contributed by atoms with Crippen molar-refractivity contribution in [1.29, 1.82) is 0 Å². The maximum Gasteiger partial charge on any atom is 0.267 e. The van der Waals surface area contributed by atoms with Crippen LogP contribution in [0.1, 0.15) is 35.2 Å². The summed E-state index contributed by atoms with van der Waals surface area (Å²) in [6, 6.07) is 12.0. The van der Waals surface area contributed by atoms with E-state index >= 15 is 0 Å². The van der Waals surface area contributed by atoms with Crippen LogP contribution in [0.3, 0.4) is 0 Å². The van der Waals surface area contributed by atoms with Crippen LogP contribution in [0.25, 0.3) is 5.57 Å². The van der Waals surface area contributed by atoms with Crippen molar-refractivity contribution < 1.29 is 14.3 Å². The fourth-order valence-corrected chi connectivity index (χ4v) is 3.82. The monoisotopic (exact) mass is 396 g/mol. The molecule has 6 heteroatoms. The van der Waals surface area contributed by atoms with Crippen molar-refractivity contribution in [2.24, 2.45) is 0 Å². The van der Waals surface area contributed by atoms with E-state index in [1.54, 1.807) is 49.6 Å². The molecule has 0 spiro atoms. The second-order valence-corrected chi connectivity index (χ2v) is 7.41. The van der Waals surface area contributed by atoms with Crippen molar-refractivity contribution in [1.82, 2.24) is 4.90 Å². The predicted molar refractivity (Wildman–Crippen MR) is 110 cm³/mol. The van der Waals surface area contributed by atoms with E-state index < -0.39 is 0 Å². The Morgan fingerprint density at radius 2 is 1.64 bits per heavy atom. The number of anilines is 1. The van der Waals surface area contributed by atoms with Crippen molar-refractivity contribution in [3.05, 3.63) is 64.8 Å². The molecule has 0 aliphatic carbocycles. The van der Waals surface area contributed by atoms with Gasteiger partial charge in [-0.15, -0.1) is 0 Å². The molecule has 0 unspecified atom stereocenters. The maximum atomic E-state index is 13.4. The second-order valence-electron chi connectivity index (χ2n) is 6.97. The first-order chi connectivity index (χ1) is 13.6. The summed E-state index contributed by atoms with van der Waals surface area (Å²) < 4.78 is 5.29. The number of amides is 2. The maximum absolute atomic E-state index is 13.4. The van der Waals surface area contributed by atoms with Gasteiger partial charge < -0.3 is 9.64 Å². The second kappa shape index (κ2) is 7.68. The predicted octanol–water partition coefficient (Wildman–Crippen LogP) is 4.36. The molecule has 0 radical (unpaired) electrons. The van der Waals surface area contributed by atoms with Crippen LogP contribution in [-0.4, -0.2) is 36.9 Å². The highest BCUT2D eigenvalue weighted by Crippen LogP contribution is 2.35. The van der Waals surface area contributed by atoms with E-state index in [1.807, 2.05) is 6.20 Å². The van der Waals surface area contributed by atoms with Gasteiger partial charge in [0.05, 0.1) is 23.9 Å². The molecule has 2 aliphatic rings. The molecule has 0 bridgehead atoms. The molecule has 2 heterocycles. The zero-order valence-corrected chi connectivity index (χ0v) is 16.4. The normalized spacial score (nSPS) is 18.4. The number of likely N-dealkylation sites (tertiary alicyclic amines) is 1. The van der Waals surface area contributed by atoms with Crippen LogP contribution in [0.5, 0.6) is 5.75 Å². The third-order valence-corrected chi connectivity index (χ3v) is 5.42. The lowest BCUT2D eigenvalue weighted by atomic mass is 9.93. The minimum atomic E-state index is -0.364. The molecule has 4 rings (SSSR count). The first-order valence-electron chi connectivity index (χ1n) is 9.37. The average molecular weight is 397 g/mol. The topological polar surface area (TPSA) is 49.9 Å². The van der Waals surface area contributed by atoms with Gasteiger partial charge in [-0.25, -0.2) is 4.90 Å². The Kier molecular flexibility index (Phi) is 5.09. The van der Waals surface area contributed by atoms with Crippen molar-refractivity contribution in [3.63, 3.8) is 0 Å². The molecule has 0 aromatic heterocycles. The lowest BCUT2D eigenvalue weighted by Gasteiger charge is -2.31. The van der Waals surface area contributed by atoms with Crippen molar-refractivity contribution in [2.75, 3.05) is 25.1 Å². The third kappa shape index (κ3) is 3.38. The number of carbonyl (C=O) groups excluding carboxylic acids is 2. The largest absolute Gasteiger partial charge is 0.497 e. The molecule has 144 valence electrons. The number of carbonyl (C=O) groups is 2. The van der Waals surface area contributed by atoms with Gasteiger partial charge in [-0.1, -0.05) is 11.6 Å². The number of fused-ring (bicyclic) bond motifs is 1. The zero-order valence-electron chi connectivity index (χ0n) is 15.7. The van der Waals surface area contributed by atoms with Crippen LogP contribution in [0.2, 0.25) is 5.02 Å². The number of halogens is 1. The van der Waals surface area contributed by atoms with Gasteiger partial charge in [-0.2, -0.15) is 0 Å². The van der Waals surface area contributed by atoms with Crippen molar-refractivity contribution in [2.45, 2.75) is 19.3 Å². The lowest BCUT2D eigenvalue weighted by Crippen LogP contribution is -2.42. The molecular formula is C22H21ClN2O3. The van der Waals surface area contributed by atoms with Gasteiger partial charge in [0.2, 0.25) is 0 Å². The van der Waals surface area contributed by atoms with E-state index in [1.165, 1.54) is 11.3 Å². The molecule has 0 N–H and O–H groups in total. The molecule has 1 fully saturated rings. The number of imide groups is 1. The van der Waals surface area contributed by atoms with E-state index in [4.69, 9.17) is 16.3 Å². The summed E-state index contributed by atoms with van der Waals surface area (Å²) >= 11 is 5.98. The van der Waals surface area contributed by atoms with Crippen LogP contribution in [-0.2, 0) is 4.79 Å². The molecule has 2 aromatic rings. The van der Waals surface area contributed by atoms with E-state index in [2.05, 4.69) is 4.90 Å². The van der Waals surface area contributed by atoms with Gasteiger partial charge in [0.1, 0.15) is 5.75 Å². The minimum Gasteiger partial charge on any atom is -0.497 e. The molecular weight excluding hydrogens is 376 g/mol. The van der Waals surface area contributed by atoms with E-state index in [-0.39, 0.29) is 11.8 Å². The van der Waals surface area contributed by atoms with Gasteiger partial charge in [0.15, 0.2) is 0 Å². The van der Waals surface area contributed by atoms with Gasteiger partial charge in [-0.05, 0) is 61.7 Å². The number of hydrogen-bond donors (Lipinski definition) is 0. The fraction of sp³-hybridized carbons (Fsp3) is 0.273. The Hall–Kier alpha value is -2.79. The summed E-state index contributed by atoms with van der Waals surface area (Å²) in [5.41, 5.74) is 2.12. The minimum absolute atomic E-state index is 0.324. The fourth-order valence-electron chi connectivity index (χ4n) is 3.69. The van der Waals surface area contributed by atoms with Crippen LogP contribution in [0, 0.1) is 0 Å². The van der Waals surface area contributed by atoms with E-state index in [0.29, 0.717) is 33.2 Å². The molecule has 2 aliphatic heterocycles. The molecule has 5 nitrogen and oxygen atoms in total. The molecule has 0 saturated carbocycles. The summed E-state index contributed by atoms with van der Waals surface area (Å²) in [7, 11) is 1.56. The summed E-state index contributed by atoms with van der Waals surface area (Å²) in [6.07, 6.45) is 5.32. The smallest absolute Gasteiger partial charge is 0.267 e. The van der Waals surface area contributed by atoms with E-state index in [9.17, 15) is 9.59 Å². The van der Waals surface area contributed by atoms with Crippen LogP contribution < -0.4 is 9.64 Å². The number of methoxy groups -OCH3 is 1. The first kappa shape index (κ1) is 18.6. The molecule has 2 amide bonds. The molecule has 0 atom stereocenters. The highest BCUT2D eigenvalue weighted by Gasteiger charge is 2.36. The SMILES string of the molecule is COc1ccc2c(c1)C(=O)N(c1ccc(Cl)cc1)C(=O)/C2=C\N1CCCCC1. The molecule has 1 saturated heterocycles. The average Bonchev–Trinajstić information content (AvgIpc) is 2.73. The first-order valence-corrected chi connectivity index (χ1v) is 9.75. The summed E-state index contributed by atoms with van der Waals surface area (Å²) in [5.74, 6) is -0.109. The number of benzene rings is 2. The third-order valence-electron chi connectivity index (χ3n) is 5.17. The Bertz CT molecular complexity index is 947. The Morgan fingerprint density at radius 3 is 2.32 bits per heavy atom. The van der Waals surface area contributed by atoms with Gasteiger partial charge in [-0.3, -0.25) is 9.59 Å². The van der Waals surface area contributed by atoms with Gasteiger partial charge >= 0.3 is 0 Å². The highest BCUT2D eigenvalue weighted by atomic mass is 35.5. The summed E-state index contributed by atoms with van der Waals surface area (Å²) in [5, 5.41) is 0.548. The van der Waals surface area contributed by atoms with E-state index in [0.717, 1.165) is 25.9 Å². The van der Waals surface area contributed by atoms with Gasteiger partial charge in [0, 0.05) is 29.9 Å². The Morgan fingerprint density at radius 1 is 0.929 bits per heavy atom. The van der Waals surface area contributed by atoms with Crippen LogP contribution in [0.15, 0.2) is 48.7 Å². The highest BCUT2D eigenvalue weighted by molar-refractivity contribution is 6.41. The molecule has 28 heavy (non-hydrogen) atoms. The standard InChI is InChI=1S/C22H21ClN2O3/c1-28-17-9-10-18-19(13-17)21(26)25(16-7-5-15(23)6-8-16)22(27)20(18)14-24-11-3-2-4-12-24/h5-10,13-14H,2-4,11-12H2,1H3/b20-14-.